The molecule has 1 saturated heterocycles. The first-order valence-corrected chi connectivity index (χ1v) is 11.3. The third-order valence-electron chi connectivity index (χ3n) is 4.57. The maximum Gasteiger partial charge on any atom is 0.255 e. The van der Waals surface area contributed by atoms with Crippen LogP contribution in [0.4, 0.5) is 0 Å². The van der Waals surface area contributed by atoms with Gasteiger partial charge in [0.25, 0.3) is 5.91 Å². The first-order chi connectivity index (χ1) is 13.4. The fraction of sp³-hybridized carbons (Fsp3) is 0.235. The highest BCUT2D eigenvalue weighted by Crippen LogP contribution is 2.28. The molecule has 0 atom stereocenters. The van der Waals surface area contributed by atoms with E-state index in [1.165, 1.54) is 10.4 Å². The minimum absolute atomic E-state index is 0.136. The van der Waals surface area contributed by atoms with Crippen LogP contribution in [-0.4, -0.2) is 58.5 Å². The van der Waals surface area contributed by atoms with Gasteiger partial charge in [0.2, 0.25) is 10.0 Å². The van der Waals surface area contributed by atoms with Gasteiger partial charge in [0.1, 0.15) is 15.9 Å². The molecule has 11 heteroatoms. The van der Waals surface area contributed by atoms with Crippen molar-refractivity contribution in [2.75, 3.05) is 26.2 Å². The van der Waals surface area contributed by atoms with E-state index in [-0.39, 0.29) is 42.0 Å². The highest BCUT2D eigenvalue weighted by Gasteiger charge is 2.32. The number of fused-ring (bicyclic) bond motifs is 1. The molecular formula is C17H14Cl2N4O3S2. The first kappa shape index (κ1) is 19.5. The number of halogens is 2. The third-order valence-corrected chi connectivity index (χ3v) is 7.87. The van der Waals surface area contributed by atoms with E-state index in [2.05, 4.69) is 8.75 Å². The maximum atomic E-state index is 13.1. The topological polar surface area (TPSA) is 83.5 Å². The number of piperazine rings is 1. The van der Waals surface area contributed by atoms with Crippen LogP contribution in [-0.2, 0) is 10.0 Å². The van der Waals surface area contributed by atoms with Gasteiger partial charge in [-0.05, 0) is 24.3 Å². The van der Waals surface area contributed by atoms with Gasteiger partial charge in [-0.2, -0.15) is 13.1 Å². The van der Waals surface area contributed by atoms with E-state index >= 15 is 0 Å². The van der Waals surface area contributed by atoms with Gasteiger partial charge in [0, 0.05) is 26.2 Å². The van der Waals surface area contributed by atoms with Gasteiger partial charge in [0.15, 0.2) is 0 Å². The average Bonchev–Trinajstić information content (AvgIpc) is 3.18. The van der Waals surface area contributed by atoms with Crippen molar-refractivity contribution in [1.29, 1.82) is 0 Å². The number of hydrogen-bond acceptors (Lipinski definition) is 6. The molecule has 1 fully saturated rings. The number of carbonyl (C=O) groups is 1. The van der Waals surface area contributed by atoms with Crippen molar-refractivity contribution in [2.45, 2.75) is 4.90 Å². The lowest BCUT2D eigenvalue weighted by Gasteiger charge is -2.34. The van der Waals surface area contributed by atoms with Crippen LogP contribution in [0.15, 0.2) is 41.3 Å². The Kier molecular flexibility index (Phi) is 5.28. The Morgan fingerprint density at radius 1 is 1.00 bits per heavy atom. The molecule has 0 unspecified atom stereocenters. The summed E-state index contributed by atoms with van der Waals surface area (Å²) in [4.78, 5) is 14.5. The summed E-state index contributed by atoms with van der Waals surface area (Å²) >= 11 is 13.1. The number of sulfonamides is 1. The molecule has 1 aliphatic rings. The summed E-state index contributed by atoms with van der Waals surface area (Å²) in [5.74, 6) is -0.268. The lowest BCUT2D eigenvalue weighted by Crippen LogP contribution is -2.50. The lowest BCUT2D eigenvalue weighted by atomic mass is 10.2. The number of aromatic nitrogens is 2. The van der Waals surface area contributed by atoms with Crippen LogP contribution in [0.5, 0.6) is 0 Å². The predicted octanol–water partition coefficient (Wildman–Crippen LogP) is 3.14. The maximum absolute atomic E-state index is 13.1. The number of carbonyl (C=O) groups excluding carboxylic acids is 1. The summed E-state index contributed by atoms with van der Waals surface area (Å²) in [6.45, 7) is 0.874. The Hall–Kier alpha value is -1.78. The summed E-state index contributed by atoms with van der Waals surface area (Å²) in [5.41, 5.74) is 1.23. The number of rotatable bonds is 3. The second-order valence-corrected chi connectivity index (χ2v) is 9.41. The monoisotopic (exact) mass is 456 g/mol. The number of nitrogens with zero attached hydrogens (tertiary/aromatic N) is 4. The second-order valence-electron chi connectivity index (χ2n) is 6.19. The standard InChI is InChI=1S/C17H14Cl2N4O3S2/c18-12-4-1-3-11(15(12)19)17(24)22-7-9-23(10-8-22)28(25,26)14-6-2-5-13-16(14)21-27-20-13/h1-6H,7-10H2. The highest BCUT2D eigenvalue weighted by molar-refractivity contribution is 7.89. The highest BCUT2D eigenvalue weighted by atomic mass is 35.5. The van der Waals surface area contributed by atoms with Crippen molar-refractivity contribution in [1.82, 2.24) is 18.0 Å². The Morgan fingerprint density at radius 3 is 2.46 bits per heavy atom. The zero-order valence-corrected chi connectivity index (χ0v) is 17.5. The molecule has 0 aliphatic carbocycles. The quantitative estimate of drug-likeness (QED) is 0.604. The molecule has 2 heterocycles. The third kappa shape index (κ3) is 3.37. The zero-order chi connectivity index (χ0) is 19.9. The van der Waals surface area contributed by atoms with E-state index in [1.54, 1.807) is 35.2 Å². The fourth-order valence-corrected chi connectivity index (χ4v) is 5.66. The summed E-state index contributed by atoms with van der Waals surface area (Å²) in [5, 5.41) is 0.505. The Bertz CT molecular complexity index is 1160. The largest absolute Gasteiger partial charge is 0.336 e. The van der Waals surface area contributed by atoms with Crippen molar-refractivity contribution >= 4 is 61.9 Å². The van der Waals surface area contributed by atoms with Crippen molar-refractivity contribution < 1.29 is 13.2 Å². The summed E-state index contributed by atoms with van der Waals surface area (Å²) in [6.07, 6.45) is 0. The molecule has 4 rings (SSSR count). The van der Waals surface area contributed by atoms with Crippen LogP contribution in [0.3, 0.4) is 0 Å². The molecule has 1 aromatic heterocycles. The van der Waals surface area contributed by atoms with Crippen molar-refractivity contribution in [3.05, 3.63) is 52.0 Å². The molecule has 146 valence electrons. The average molecular weight is 457 g/mol. The van der Waals surface area contributed by atoms with Crippen molar-refractivity contribution in [3.63, 3.8) is 0 Å². The van der Waals surface area contributed by atoms with E-state index in [9.17, 15) is 13.2 Å². The van der Waals surface area contributed by atoms with Crippen LogP contribution >= 0.6 is 34.9 Å². The van der Waals surface area contributed by atoms with Crippen LogP contribution in [0.2, 0.25) is 10.0 Å². The van der Waals surface area contributed by atoms with Crippen LogP contribution in [0.1, 0.15) is 10.4 Å². The molecule has 2 aromatic carbocycles. The SMILES string of the molecule is O=C(c1cccc(Cl)c1Cl)N1CCN(S(=O)(=O)c2cccc3nsnc23)CC1. The van der Waals surface area contributed by atoms with Crippen molar-refractivity contribution in [2.24, 2.45) is 0 Å². The predicted molar refractivity (Wildman–Crippen MR) is 109 cm³/mol. The lowest BCUT2D eigenvalue weighted by molar-refractivity contribution is 0.0698. The molecule has 0 saturated carbocycles. The number of hydrogen-bond donors (Lipinski definition) is 0. The first-order valence-electron chi connectivity index (χ1n) is 8.34. The van der Waals surface area contributed by atoms with Gasteiger partial charge >= 0.3 is 0 Å². The van der Waals surface area contributed by atoms with Crippen LogP contribution in [0, 0.1) is 0 Å². The number of benzene rings is 2. The van der Waals surface area contributed by atoms with Gasteiger partial charge in [0.05, 0.1) is 27.3 Å². The van der Waals surface area contributed by atoms with E-state index in [0.29, 0.717) is 21.6 Å². The van der Waals surface area contributed by atoms with Gasteiger partial charge < -0.3 is 4.90 Å². The van der Waals surface area contributed by atoms with Gasteiger partial charge in [-0.15, -0.1) is 0 Å². The number of amides is 1. The second kappa shape index (κ2) is 7.57. The zero-order valence-electron chi connectivity index (χ0n) is 14.4. The van der Waals surface area contributed by atoms with E-state index in [0.717, 1.165) is 11.7 Å². The fourth-order valence-electron chi connectivity index (χ4n) is 3.10. The van der Waals surface area contributed by atoms with Gasteiger partial charge in [-0.25, -0.2) is 8.42 Å². The molecule has 0 bridgehead atoms. The van der Waals surface area contributed by atoms with E-state index in [1.807, 2.05) is 0 Å². The molecular weight excluding hydrogens is 443 g/mol. The molecule has 7 nitrogen and oxygen atoms in total. The smallest absolute Gasteiger partial charge is 0.255 e. The summed E-state index contributed by atoms with van der Waals surface area (Å²) < 4.78 is 35.7. The molecule has 1 amide bonds. The Balaban J connectivity index is 1.53. The molecule has 3 aromatic rings. The minimum Gasteiger partial charge on any atom is -0.336 e. The Labute approximate surface area is 175 Å². The van der Waals surface area contributed by atoms with E-state index < -0.39 is 10.0 Å². The summed E-state index contributed by atoms with van der Waals surface area (Å²) in [6, 6.07) is 9.78. The Morgan fingerprint density at radius 2 is 1.71 bits per heavy atom. The molecule has 0 radical (unpaired) electrons. The van der Waals surface area contributed by atoms with E-state index in [4.69, 9.17) is 23.2 Å². The molecule has 0 N–H and O–H groups in total. The summed E-state index contributed by atoms with van der Waals surface area (Å²) in [7, 11) is -3.73. The normalized spacial score (nSPS) is 15.9. The minimum atomic E-state index is -3.73. The van der Waals surface area contributed by atoms with Gasteiger partial charge in [-0.1, -0.05) is 35.3 Å². The molecule has 1 aliphatic heterocycles. The van der Waals surface area contributed by atoms with Crippen molar-refractivity contribution in [3.8, 4) is 0 Å². The van der Waals surface area contributed by atoms with Crippen LogP contribution in [0.25, 0.3) is 11.0 Å². The molecule has 28 heavy (non-hydrogen) atoms. The molecule has 0 spiro atoms. The van der Waals surface area contributed by atoms with Gasteiger partial charge in [-0.3, -0.25) is 4.79 Å². The van der Waals surface area contributed by atoms with Crippen LogP contribution < -0.4 is 0 Å².